The van der Waals surface area contributed by atoms with Crippen LogP contribution < -0.4 is 4.74 Å². The van der Waals surface area contributed by atoms with Gasteiger partial charge in [0.2, 0.25) is 0 Å². The maximum absolute atomic E-state index is 11.3. The number of rotatable bonds is 3. The molecule has 94 valence electrons. The number of ketones is 1. The van der Waals surface area contributed by atoms with E-state index in [2.05, 4.69) is 9.97 Å². The third-order valence-corrected chi connectivity index (χ3v) is 2.94. The number of hydrogen-bond donors (Lipinski definition) is 1. The first kappa shape index (κ1) is 12.6. The van der Waals surface area contributed by atoms with Gasteiger partial charge in [-0.3, -0.25) is 4.79 Å². The topological polar surface area (TPSA) is 55.0 Å². The van der Waals surface area contributed by atoms with E-state index in [1.54, 1.807) is 19.2 Å². The quantitative estimate of drug-likeness (QED) is 0.866. The Hall–Kier alpha value is -1.81. The molecule has 0 amide bonds. The summed E-state index contributed by atoms with van der Waals surface area (Å²) in [4.78, 5) is 18.5. The van der Waals surface area contributed by atoms with E-state index in [9.17, 15) is 4.79 Å². The van der Waals surface area contributed by atoms with Crippen LogP contribution in [0.5, 0.6) is 5.75 Å². The van der Waals surface area contributed by atoms with Crippen LogP contribution in [0.25, 0.3) is 11.3 Å². The maximum atomic E-state index is 11.3. The number of carbonyl (C=O) groups is 1. The van der Waals surface area contributed by atoms with Crippen molar-refractivity contribution < 1.29 is 9.53 Å². The Labute approximate surface area is 110 Å². The number of aryl methyl sites for hydroxylation is 1. The predicted molar refractivity (Wildman–Crippen MR) is 70.3 cm³/mol. The standard InChI is InChI=1S/C13H13ClN2O2/c1-7-12(16-13(15-7)8(2)17)9-4-5-11(18-3)10(14)6-9/h4-6H,1-3H3,(H,15,16). The average Bonchev–Trinajstić information content (AvgIpc) is 2.71. The third kappa shape index (κ3) is 2.24. The lowest BCUT2D eigenvalue weighted by Crippen LogP contribution is -1.94. The van der Waals surface area contributed by atoms with E-state index >= 15 is 0 Å². The highest BCUT2D eigenvalue weighted by Gasteiger charge is 2.13. The van der Waals surface area contributed by atoms with Crippen LogP contribution in [0, 0.1) is 6.92 Å². The lowest BCUT2D eigenvalue weighted by molar-refractivity contribution is 0.100. The van der Waals surface area contributed by atoms with E-state index in [0.717, 1.165) is 17.0 Å². The van der Waals surface area contributed by atoms with Crippen LogP contribution in [-0.2, 0) is 0 Å². The molecule has 0 saturated heterocycles. The normalized spacial score (nSPS) is 10.4. The zero-order chi connectivity index (χ0) is 13.3. The fourth-order valence-electron chi connectivity index (χ4n) is 1.72. The Morgan fingerprint density at radius 3 is 2.67 bits per heavy atom. The molecule has 0 aliphatic rings. The molecule has 0 aliphatic heterocycles. The van der Waals surface area contributed by atoms with Crippen molar-refractivity contribution in [1.29, 1.82) is 0 Å². The molecular formula is C13H13ClN2O2. The molecule has 4 nitrogen and oxygen atoms in total. The molecular weight excluding hydrogens is 252 g/mol. The molecule has 5 heteroatoms. The predicted octanol–water partition coefficient (Wildman–Crippen LogP) is 3.25. The number of hydrogen-bond acceptors (Lipinski definition) is 3. The zero-order valence-electron chi connectivity index (χ0n) is 10.4. The monoisotopic (exact) mass is 264 g/mol. The highest BCUT2D eigenvalue weighted by atomic mass is 35.5. The summed E-state index contributed by atoms with van der Waals surface area (Å²) in [6.07, 6.45) is 0. The fourth-order valence-corrected chi connectivity index (χ4v) is 1.98. The average molecular weight is 265 g/mol. The first-order chi connectivity index (χ1) is 8.52. The lowest BCUT2D eigenvalue weighted by Gasteiger charge is -2.04. The van der Waals surface area contributed by atoms with Crippen LogP contribution in [0.3, 0.4) is 0 Å². The van der Waals surface area contributed by atoms with Crippen LogP contribution in [0.4, 0.5) is 0 Å². The molecule has 0 spiro atoms. The number of aromatic nitrogens is 2. The molecule has 0 fully saturated rings. The number of nitrogens with one attached hydrogen (secondary N) is 1. The molecule has 18 heavy (non-hydrogen) atoms. The van der Waals surface area contributed by atoms with E-state index in [1.807, 2.05) is 13.0 Å². The van der Waals surface area contributed by atoms with Crippen molar-refractivity contribution in [3.05, 3.63) is 34.7 Å². The van der Waals surface area contributed by atoms with Gasteiger partial charge in [-0.25, -0.2) is 4.98 Å². The van der Waals surface area contributed by atoms with E-state index in [1.165, 1.54) is 6.92 Å². The summed E-state index contributed by atoms with van der Waals surface area (Å²) in [5, 5.41) is 0.516. The molecule has 1 N–H and O–H groups in total. The van der Waals surface area contributed by atoms with Crippen molar-refractivity contribution in [3.8, 4) is 17.0 Å². The van der Waals surface area contributed by atoms with Gasteiger partial charge < -0.3 is 9.72 Å². The largest absolute Gasteiger partial charge is 0.495 e. The van der Waals surface area contributed by atoms with Crippen molar-refractivity contribution in [1.82, 2.24) is 9.97 Å². The number of methoxy groups -OCH3 is 1. The number of H-pyrrole nitrogens is 1. The highest BCUT2D eigenvalue weighted by Crippen LogP contribution is 2.30. The van der Waals surface area contributed by atoms with E-state index in [0.29, 0.717) is 16.6 Å². The summed E-state index contributed by atoms with van der Waals surface area (Å²) in [7, 11) is 1.56. The maximum Gasteiger partial charge on any atom is 0.195 e. The second kappa shape index (κ2) is 4.82. The van der Waals surface area contributed by atoms with Crippen molar-refractivity contribution in [3.63, 3.8) is 0 Å². The number of carbonyl (C=O) groups excluding carboxylic acids is 1. The molecule has 0 bridgehead atoms. The van der Waals surface area contributed by atoms with E-state index in [-0.39, 0.29) is 5.78 Å². The van der Waals surface area contributed by atoms with Crippen molar-refractivity contribution in [2.45, 2.75) is 13.8 Å². The van der Waals surface area contributed by atoms with Gasteiger partial charge in [-0.05, 0) is 25.1 Å². The van der Waals surface area contributed by atoms with Gasteiger partial charge in [0.15, 0.2) is 11.6 Å². The molecule has 2 rings (SSSR count). The number of imidazole rings is 1. The molecule has 2 aromatic rings. The van der Waals surface area contributed by atoms with Gasteiger partial charge >= 0.3 is 0 Å². The molecule has 0 atom stereocenters. The van der Waals surface area contributed by atoms with Crippen LogP contribution in [0.1, 0.15) is 23.2 Å². The highest BCUT2D eigenvalue weighted by molar-refractivity contribution is 6.32. The number of nitrogens with zero attached hydrogens (tertiary/aromatic N) is 1. The van der Waals surface area contributed by atoms with Gasteiger partial charge in [-0.1, -0.05) is 11.6 Å². The second-order valence-electron chi connectivity index (χ2n) is 3.96. The summed E-state index contributed by atoms with van der Waals surface area (Å²) >= 11 is 6.07. The first-order valence-electron chi connectivity index (χ1n) is 5.44. The second-order valence-corrected chi connectivity index (χ2v) is 4.37. The fraction of sp³-hybridized carbons (Fsp3) is 0.231. The number of Topliss-reactive ketones (excluding diaryl/α,β-unsaturated/α-hetero) is 1. The Kier molecular flexibility index (Phi) is 3.39. The molecule has 0 radical (unpaired) electrons. The van der Waals surface area contributed by atoms with Gasteiger partial charge in [0, 0.05) is 18.2 Å². The summed E-state index contributed by atoms with van der Waals surface area (Å²) in [6, 6.07) is 5.41. The number of aromatic amines is 1. The molecule has 1 heterocycles. The van der Waals surface area contributed by atoms with Crippen molar-refractivity contribution in [2.24, 2.45) is 0 Å². The minimum absolute atomic E-state index is 0.0936. The summed E-state index contributed by atoms with van der Waals surface area (Å²) < 4.78 is 5.10. The summed E-state index contributed by atoms with van der Waals surface area (Å²) in [5.41, 5.74) is 2.41. The minimum Gasteiger partial charge on any atom is -0.495 e. The Morgan fingerprint density at radius 2 is 2.17 bits per heavy atom. The molecule has 0 saturated carbocycles. The number of ether oxygens (including phenoxy) is 1. The van der Waals surface area contributed by atoms with Crippen molar-refractivity contribution >= 4 is 17.4 Å². The van der Waals surface area contributed by atoms with Gasteiger partial charge in [-0.15, -0.1) is 0 Å². The third-order valence-electron chi connectivity index (χ3n) is 2.64. The molecule has 0 aliphatic carbocycles. The minimum atomic E-state index is -0.0936. The lowest BCUT2D eigenvalue weighted by atomic mass is 10.1. The number of benzene rings is 1. The van der Waals surface area contributed by atoms with Crippen molar-refractivity contribution in [2.75, 3.05) is 7.11 Å². The van der Waals surface area contributed by atoms with E-state index < -0.39 is 0 Å². The Bertz CT molecular complexity index is 605. The van der Waals surface area contributed by atoms with Gasteiger partial charge in [-0.2, -0.15) is 0 Å². The van der Waals surface area contributed by atoms with Crippen LogP contribution in [-0.4, -0.2) is 22.9 Å². The summed E-state index contributed by atoms with van der Waals surface area (Å²) in [5.74, 6) is 0.874. The Balaban J connectivity index is 2.48. The summed E-state index contributed by atoms with van der Waals surface area (Å²) in [6.45, 7) is 3.34. The van der Waals surface area contributed by atoms with Gasteiger partial charge in [0.05, 0.1) is 17.8 Å². The zero-order valence-corrected chi connectivity index (χ0v) is 11.1. The van der Waals surface area contributed by atoms with Crippen LogP contribution >= 0.6 is 11.6 Å². The SMILES string of the molecule is COc1ccc(-c2nc(C(C)=O)[nH]c2C)cc1Cl. The van der Waals surface area contributed by atoms with Gasteiger partial charge in [0.1, 0.15) is 5.75 Å². The van der Waals surface area contributed by atoms with Crippen LogP contribution in [0.2, 0.25) is 5.02 Å². The number of halogens is 1. The van der Waals surface area contributed by atoms with E-state index in [4.69, 9.17) is 16.3 Å². The smallest absolute Gasteiger partial charge is 0.195 e. The van der Waals surface area contributed by atoms with Gasteiger partial charge in [0.25, 0.3) is 0 Å². The molecule has 1 aromatic carbocycles. The molecule has 0 unspecified atom stereocenters. The van der Waals surface area contributed by atoms with Crippen LogP contribution in [0.15, 0.2) is 18.2 Å². The Morgan fingerprint density at radius 1 is 1.44 bits per heavy atom. The first-order valence-corrected chi connectivity index (χ1v) is 5.82. The molecule has 1 aromatic heterocycles.